The predicted molar refractivity (Wildman–Crippen MR) is 73.0 cm³/mol. The molecule has 0 spiro atoms. The molecule has 1 heterocycles. The van der Waals surface area contributed by atoms with Crippen molar-refractivity contribution in [2.24, 2.45) is 0 Å². The number of nitrogens with one attached hydrogen (secondary N) is 1. The highest BCUT2D eigenvalue weighted by Crippen LogP contribution is 2.28. The Labute approximate surface area is 112 Å². The number of anilines is 1. The summed E-state index contributed by atoms with van der Waals surface area (Å²) in [5.41, 5.74) is 2.10. The highest BCUT2D eigenvalue weighted by Gasteiger charge is 2.06. The summed E-state index contributed by atoms with van der Waals surface area (Å²) < 4.78 is 15.7. The Balaban J connectivity index is 2.03. The number of rotatable bonds is 6. The van der Waals surface area contributed by atoms with E-state index in [0.29, 0.717) is 6.01 Å². The average Bonchev–Trinajstić information content (AvgIpc) is 2.92. The van der Waals surface area contributed by atoms with Crippen LogP contribution in [0.3, 0.4) is 0 Å². The van der Waals surface area contributed by atoms with Gasteiger partial charge in [0.05, 0.1) is 19.9 Å². The maximum atomic E-state index is 5.28. The van der Waals surface area contributed by atoms with Crippen LogP contribution >= 0.6 is 0 Å². The van der Waals surface area contributed by atoms with Crippen molar-refractivity contribution in [2.45, 2.75) is 12.8 Å². The van der Waals surface area contributed by atoms with E-state index in [9.17, 15) is 0 Å². The van der Waals surface area contributed by atoms with E-state index >= 15 is 0 Å². The minimum absolute atomic E-state index is 0.544. The summed E-state index contributed by atoms with van der Waals surface area (Å²) in [4.78, 5) is 4.29. The van der Waals surface area contributed by atoms with Gasteiger partial charge in [-0.3, -0.25) is 0 Å². The van der Waals surface area contributed by atoms with E-state index in [2.05, 4.69) is 10.3 Å². The van der Waals surface area contributed by atoms with Gasteiger partial charge in [0, 0.05) is 7.05 Å². The van der Waals surface area contributed by atoms with E-state index in [4.69, 9.17) is 13.9 Å². The molecule has 0 aliphatic carbocycles. The Morgan fingerprint density at radius 3 is 2.58 bits per heavy atom. The van der Waals surface area contributed by atoms with Crippen molar-refractivity contribution >= 4 is 6.01 Å². The van der Waals surface area contributed by atoms with Crippen molar-refractivity contribution in [3.8, 4) is 11.5 Å². The lowest BCUT2D eigenvalue weighted by atomic mass is 10.1. The molecule has 5 nitrogen and oxygen atoms in total. The molecule has 102 valence electrons. The zero-order valence-corrected chi connectivity index (χ0v) is 11.4. The number of hydrogen-bond donors (Lipinski definition) is 1. The SMILES string of the molecule is CNc1nc(CCc2ccc(OC)c(OC)c2)co1. The first-order valence-corrected chi connectivity index (χ1v) is 6.10. The Kier molecular flexibility index (Phi) is 4.28. The quantitative estimate of drug-likeness (QED) is 0.867. The van der Waals surface area contributed by atoms with Gasteiger partial charge >= 0.3 is 0 Å². The normalized spacial score (nSPS) is 10.3. The second-order valence-electron chi connectivity index (χ2n) is 4.08. The van der Waals surface area contributed by atoms with Crippen LogP contribution in [-0.4, -0.2) is 26.3 Å². The third-order valence-corrected chi connectivity index (χ3v) is 2.88. The Morgan fingerprint density at radius 1 is 1.16 bits per heavy atom. The van der Waals surface area contributed by atoms with Gasteiger partial charge in [-0.05, 0) is 30.5 Å². The first kappa shape index (κ1) is 13.3. The number of aromatic nitrogens is 1. The number of aryl methyl sites for hydroxylation is 2. The van der Waals surface area contributed by atoms with Crippen LogP contribution in [0.15, 0.2) is 28.9 Å². The first-order chi connectivity index (χ1) is 9.26. The molecule has 0 fully saturated rings. The molecular formula is C14H18N2O3. The Hall–Kier alpha value is -2.17. The van der Waals surface area contributed by atoms with Crippen molar-refractivity contribution in [2.75, 3.05) is 26.6 Å². The molecule has 0 unspecified atom stereocenters. The fourth-order valence-electron chi connectivity index (χ4n) is 1.85. The van der Waals surface area contributed by atoms with Crippen LogP contribution in [0.4, 0.5) is 6.01 Å². The minimum atomic E-state index is 0.544. The number of methoxy groups -OCH3 is 2. The summed E-state index contributed by atoms with van der Waals surface area (Å²) in [6.07, 6.45) is 3.36. The topological polar surface area (TPSA) is 56.5 Å². The van der Waals surface area contributed by atoms with Gasteiger partial charge in [-0.2, -0.15) is 4.98 Å². The molecule has 0 aliphatic rings. The third kappa shape index (κ3) is 3.19. The fourth-order valence-corrected chi connectivity index (χ4v) is 1.85. The van der Waals surface area contributed by atoms with Crippen molar-refractivity contribution in [1.29, 1.82) is 0 Å². The van der Waals surface area contributed by atoms with Crippen LogP contribution in [0.1, 0.15) is 11.3 Å². The van der Waals surface area contributed by atoms with Gasteiger partial charge < -0.3 is 19.2 Å². The number of nitrogens with zero attached hydrogens (tertiary/aromatic N) is 1. The summed E-state index contributed by atoms with van der Waals surface area (Å²) in [6, 6.07) is 6.47. The summed E-state index contributed by atoms with van der Waals surface area (Å²) in [5, 5.41) is 2.86. The van der Waals surface area contributed by atoms with Crippen molar-refractivity contribution < 1.29 is 13.9 Å². The van der Waals surface area contributed by atoms with Crippen molar-refractivity contribution in [3.63, 3.8) is 0 Å². The number of hydrogen-bond acceptors (Lipinski definition) is 5. The van der Waals surface area contributed by atoms with E-state index in [1.54, 1.807) is 27.5 Å². The van der Waals surface area contributed by atoms with E-state index in [1.807, 2.05) is 18.2 Å². The standard InChI is InChI=1S/C14H18N2O3/c1-15-14-16-11(9-19-14)6-4-10-5-7-12(17-2)13(8-10)18-3/h5,7-9H,4,6H2,1-3H3,(H,15,16). The van der Waals surface area contributed by atoms with E-state index in [0.717, 1.165) is 30.0 Å². The Bertz CT molecular complexity index is 537. The summed E-state index contributed by atoms with van der Waals surface area (Å²) in [6.45, 7) is 0. The van der Waals surface area contributed by atoms with E-state index < -0.39 is 0 Å². The van der Waals surface area contributed by atoms with Crippen LogP contribution in [0, 0.1) is 0 Å². The molecule has 0 radical (unpaired) electrons. The molecule has 0 bridgehead atoms. The fraction of sp³-hybridized carbons (Fsp3) is 0.357. The van der Waals surface area contributed by atoms with Crippen LogP contribution < -0.4 is 14.8 Å². The van der Waals surface area contributed by atoms with Gasteiger partial charge in [0.25, 0.3) is 6.01 Å². The number of oxazole rings is 1. The molecule has 0 atom stereocenters. The second kappa shape index (κ2) is 6.13. The molecule has 0 saturated carbocycles. The molecule has 0 amide bonds. The molecule has 0 saturated heterocycles. The molecule has 2 aromatic rings. The molecule has 5 heteroatoms. The number of benzene rings is 1. The first-order valence-electron chi connectivity index (χ1n) is 6.10. The van der Waals surface area contributed by atoms with Crippen LogP contribution in [-0.2, 0) is 12.8 Å². The lowest BCUT2D eigenvalue weighted by molar-refractivity contribution is 0.354. The van der Waals surface area contributed by atoms with E-state index in [-0.39, 0.29) is 0 Å². The zero-order valence-electron chi connectivity index (χ0n) is 11.4. The lowest BCUT2D eigenvalue weighted by Gasteiger charge is -2.09. The Morgan fingerprint density at radius 2 is 1.95 bits per heavy atom. The van der Waals surface area contributed by atoms with Crippen LogP contribution in [0.2, 0.25) is 0 Å². The van der Waals surface area contributed by atoms with Gasteiger partial charge in [0.15, 0.2) is 11.5 Å². The monoisotopic (exact) mass is 262 g/mol. The van der Waals surface area contributed by atoms with Crippen LogP contribution in [0.5, 0.6) is 11.5 Å². The van der Waals surface area contributed by atoms with Crippen molar-refractivity contribution in [1.82, 2.24) is 4.98 Å². The molecule has 1 aromatic heterocycles. The van der Waals surface area contributed by atoms with Gasteiger partial charge in [-0.1, -0.05) is 6.07 Å². The summed E-state index contributed by atoms with van der Waals surface area (Å²) >= 11 is 0. The highest BCUT2D eigenvalue weighted by atomic mass is 16.5. The van der Waals surface area contributed by atoms with Crippen LogP contribution in [0.25, 0.3) is 0 Å². The predicted octanol–water partition coefficient (Wildman–Crippen LogP) is 2.52. The van der Waals surface area contributed by atoms with E-state index in [1.165, 1.54) is 5.56 Å². The molecule has 0 aliphatic heterocycles. The van der Waals surface area contributed by atoms with Gasteiger partial charge in [-0.25, -0.2) is 0 Å². The maximum Gasteiger partial charge on any atom is 0.294 e. The lowest BCUT2D eigenvalue weighted by Crippen LogP contribution is -1.95. The molecule has 2 rings (SSSR count). The van der Waals surface area contributed by atoms with Crippen molar-refractivity contribution in [3.05, 3.63) is 35.7 Å². The average molecular weight is 262 g/mol. The number of ether oxygens (including phenoxy) is 2. The zero-order chi connectivity index (χ0) is 13.7. The minimum Gasteiger partial charge on any atom is -0.493 e. The summed E-state index contributed by atoms with van der Waals surface area (Å²) in [5.74, 6) is 1.49. The largest absolute Gasteiger partial charge is 0.493 e. The summed E-state index contributed by atoms with van der Waals surface area (Å²) in [7, 11) is 5.05. The van der Waals surface area contributed by atoms with Gasteiger partial charge in [0.1, 0.15) is 6.26 Å². The highest BCUT2D eigenvalue weighted by molar-refractivity contribution is 5.43. The molecular weight excluding hydrogens is 244 g/mol. The van der Waals surface area contributed by atoms with Gasteiger partial charge in [-0.15, -0.1) is 0 Å². The molecule has 1 N–H and O–H groups in total. The smallest absolute Gasteiger partial charge is 0.294 e. The third-order valence-electron chi connectivity index (χ3n) is 2.88. The van der Waals surface area contributed by atoms with Gasteiger partial charge in [0.2, 0.25) is 0 Å². The second-order valence-corrected chi connectivity index (χ2v) is 4.08. The molecule has 19 heavy (non-hydrogen) atoms. The molecule has 1 aromatic carbocycles. The maximum absolute atomic E-state index is 5.28.